The molecule has 1 amide bonds. The number of aromatic amines is 1. The van der Waals surface area contributed by atoms with E-state index in [0.29, 0.717) is 16.6 Å². The molecule has 146 valence electrons. The van der Waals surface area contributed by atoms with Gasteiger partial charge in [0, 0.05) is 5.02 Å². The number of benzene rings is 3. The lowest BCUT2D eigenvalue weighted by molar-refractivity contribution is -0.123. The number of hydrogen-bond acceptors (Lipinski definition) is 3. The molecule has 0 aliphatic rings. The number of rotatable bonds is 6. The van der Waals surface area contributed by atoms with Gasteiger partial charge in [0.15, 0.2) is 6.61 Å². The SMILES string of the molecule is Cc1ccc2nc(C(NC(=O)COc3ccc(Cl)cc3)c3ccccc3)[nH]c2c1. The number of imidazole rings is 1. The molecule has 0 aliphatic heterocycles. The van der Waals surface area contributed by atoms with Gasteiger partial charge in [0.05, 0.1) is 11.0 Å². The number of ether oxygens (including phenoxy) is 1. The van der Waals surface area contributed by atoms with Gasteiger partial charge in [-0.15, -0.1) is 0 Å². The average Bonchev–Trinajstić information content (AvgIpc) is 3.15. The first-order chi connectivity index (χ1) is 14.1. The number of nitrogens with one attached hydrogen (secondary N) is 2. The number of carbonyl (C=O) groups is 1. The van der Waals surface area contributed by atoms with Crippen molar-refractivity contribution in [3.63, 3.8) is 0 Å². The van der Waals surface area contributed by atoms with E-state index in [0.717, 1.165) is 22.2 Å². The summed E-state index contributed by atoms with van der Waals surface area (Å²) >= 11 is 5.88. The standard InChI is InChI=1S/C23H20ClN3O2/c1-15-7-12-19-20(13-15)26-23(25-19)22(16-5-3-2-4-6-16)27-21(28)14-29-18-10-8-17(24)9-11-18/h2-13,22H,14H2,1H3,(H,25,26)(H,27,28). The summed E-state index contributed by atoms with van der Waals surface area (Å²) in [5, 5.41) is 3.64. The first-order valence-corrected chi connectivity index (χ1v) is 9.65. The van der Waals surface area contributed by atoms with Gasteiger partial charge in [0.1, 0.15) is 17.6 Å². The van der Waals surface area contributed by atoms with Crippen molar-refractivity contribution >= 4 is 28.5 Å². The van der Waals surface area contributed by atoms with Crippen molar-refractivity contribution in [2.45, 2.75) is 13.0 Å². The van der Waals surface area contributed by atoms with E-state index in [9.17, 15) is 4.79 Å². The minimum Gasteiger partial charge on any atom is -0.484 e. The molecule has 0 spiro atoms. The minimum atomic E-state index is -0.412. The fourth-order valence-corrected chi connectivity index (χ4v) is 3.24. The van der Waals surface area contributed by atoms with Crippen molar-refractivity contribution in [2.75, 3.05) is 6.61 Å². The Balaban J connectivity index is 1.55. The van der Waals surface area contributed by atoms with Gasteiger partial charge in [0.2, 0.25) is 0 Å². The van der Waals surface area contributed by atoms with Crippen molar-refractivity contribution in [3.8, 4) is 5.75 Å². The fourth-order valence-electron chi connectivity index (χ4n) is 3.12. The number of aromatic nitrogens is 2. The third-order valence-electron chi connectivity index (χ3n) is 4.55. The maximum absolute atomic E-state index is 12.6. The van der Waals surface area contributed by atoms with Crippen molar-refractivity contribution in [3.05, 3.63) is 94.8 Å². The normalized spacial score (nSPS) is 11.9. The molecule has 1 unspecified atom stereocenters. The van der Waals surface area contributed by atoms with Crippen LogP contribution < -0.4 is 10.1 Å². The second kappa shape index (κ2) is 8.37. The smallest absolute Gasteiger partial charge is 0.258 e. The Kier molecular flexibility index (Phi) is 5.49. The minimum absolute atomic E-state index is 0.107. The van der Waals surface area contributed by atoms with E-state index in [2.05, 4.69) is 15.3 Å². The van der Waals surface area contributed by atoms with E-state index in [-0.39, 0.29) is 12.5 Å². The van der Waals surface area contributed by atoms with E-state index >= 15 is 0 Å². The third-order valence-corrected chi connectivity index (χ3v) is 4.80. The maximum Gasteiger partial charge on any atom is 0.258 e. The number of amides is 1. The molecule has 29 heavy (non-hydrogen) atoms. The van der Waals surface area contributed by atoms with Crippen molar-refractivity contribution in [2.24, 2.45) is 0 Å². The summed E-state index contributed by atoms with van der Waals surface area (Å²) in [5.74, 6) is 1.02. The zero-order valence-electron chi connectivity index (χ0n) is 15.9. The first kappa shape index (κ1) is 19.0. The maximum atomic E-state index is 12.6. The van der Waals surface area contributed by atoms with Crippen LogP contribution in [0, 0.1) is 6.92 Å². The number of carbonyl (C=O) groups excluding carboxylic acids is 1. The zero-order valence-corrected chi connectivity index (χ0v) is 16.6. The van der Waals surface area contributed by atoms with Gasteiger partial charge in [-0.25, -0.2) is 4.98 Å². The molecule has 5 nitrogen and oxygen atoms in total. The van der Waals surface area contributed by atoms with E-state index < -0.39 is 6.04 Å². The van der Waals surface area contributed by atoms with Crippen LogP contribution in [0.2, 0.25) is 5.02 Å². The molecule has 2 N–H and O–H groups in total. The van der Waals surface area contributed by atoms with Gasteiger partial charge in [-0.2, -0.15) is 0 Å². The van der Waals surface area contributed by atoms with Crippen LogP contribution in [0.3, 0.4) is 0 Å². The molecule has 1 heterocycles. The van der Waals surface area contributed by atoms with Crippen LogP contribution in [0.4, 0.5) is 0 Å². The zero-order chi connectivity index (χ0) is 20.2. The Morgan fingerprint density at radius 2 is 1.86 bits per heavy atom. The van der Waals surface area contributed by atoms with Gasteiger partial charge in [-0.05, 0) is 54.4 Å². The van der Waals surface area contributed by atoms with Gasteiger partial charge in [-0.3, -0.25) is 4.79 Å². The summed E-state index contributed by atoms with van der Waals surface area (Å²) in [5.41, 5.74) is 3.87. The lowest BCUT2D eigenvalue weighted by atomic mass is 10.1. The third kappa shape index (κ3) is 4.58. The molecule has 6 heteroatoms. The van der Waals surface area contributed by atoms with Crippen LogP contribution in [-0.4, -0.2) is 22.5 Å². The van der Waals surface area contributed by atoms with Crippen LogP contribution in [-0.2, 0) is 4.79 Å². The highest BCUT2D eigenvalue weighted by Crippen LogP contribution is 2.23. The van der Waals surface area contributed by atoms with Gasteiger partial charge >= 0.3 is 0 Å². The highest BCUT2D eigenvalue weighted by Gasteiger charge is 2.20. The molecule has 0 aliphatic carbocycles. The average molecular weight is 406 g/mol. The number of fused-ring (bicyclic) bond motifs is 1. The summed E-state index contributed by atoms with van der Waals surface area (Å²) in [4.78, 5) is 20.6. The number of H-pyrrole nitrogens is 1. The van der Waals surface area contributed by atoms with Crippen molar-refractivity contribution < 1.29 is 9.53 Å². The molecule has 1 aromatic heterocycles. The topological polar surface area (TPSA) is 67.0 Å². The lowest BCUT2D eigenvalue weighted by Crippen LogP contribution is -2.33. The molecule has 4 rings (SSSR count). The predicted octanol–water partition coefficient (Wildman–Crippen LogP) is 4.81. The van der Waals surface area contributed by atoms with Crippen molar-refractivity contribution in [1.29, 1.82) is 0 Å². The Bertz CT molecular complexity index is 1120. The van der Waals surface area contributed by atoms with Crippen LogP contribution in [0.15, 0.2) is 72.8 Å². The molecule has 3 aromatic carbocycles. The first-order valence-electron chi connectivity index (χ1n) is 9.27. The fraction of sp³-hybridized carbons (Fsp3) is 0.130. The molecular formula is C23H20ClN3O2. The molecule has 4 aromatic rings. The molecule has 0 bridgehead atoms. The van der Waals surface area contributed by atoms with Crippen LogP contribution in [0.5, 0.6) is 5.75 Å². The molecular weight excluding hydrogens is 386 g/mol. The Morgan fingerprint density at radius 1 is 1.10 bits per heavy atom. The second-order valence-electron chi connectivity index (χ2n) is 6.80. The van der Waals surface area contributed by atoms with Crippen LogP contribution in [0.25, 0.3) is 11.0 Å². The number of hydrogen-bond donors (Lipinski definition) is 2. The quantitative estimate of drug-likeness (QED) is 0.483. The lowest BCUT2D eigenvalue weighted by Gasteiger charge is -2.17. The summed E-state index contributed by atoms with van der Waals surface area (Å²) in [6.07, 6.45) is 0. The largest absolute Gasteiger partial charge is 0.484 e. The van der Waals surface area contributed by atoms with E-state index in [1.165, 1.54) is 0 Å². The molecule has 1 atom stereocenters. The summed E-state index contributed by atoms with van der Waals surface area (Å²) in [6, 6.07) is 22.2. The number of halogens is 1. The summed E-state index contributed by atoms with van der Waals surface area (Å²) in [6.45, 7) is 1.93. The highest BCUT2D eigenvalue weighted by atomic mass is 35.5. The molecule has 0 fully saturated rings. The van der Waals surface area contributed by atoms with E-state index in [1.807, 2.05) is 55.5 Å². The summed E-state index contributed by atoms with van der Waals surface area (Å²) < 4.78 is 5.57. The molecule has 0 saturated carbocycles. The van der Waals surface area contributed by atoms with Gasteiger partial charge in [-0.1, -0.05) is 48.0 Å². The Hall–Kier alpha value is -3.31. The van der Waals surface area contributed by atoms with Crippen LogP contribution in [0.1, 0.15) is 23.0 Å². The molecule has 0 saturated heterocycles. The second-order valence-corrected chi connectivity index (χ2v) is 7.23. The van der Waals surface area contributed by atoms with Gasteiger partial charge in [0.25, 0.3) is 5.91 Å². The highest BCUT2D eigenvalue weighted by molar-refractivity contribution is 6.30. The summed E-state index contributed by atoms with van der Waals surface area (Å²) in [7, 11) is 0. The van der Waals surface area contributed by atoms with E-state index in [1.54, 1.807) is 24.3 Å². The molecule has 0 radical (unpaired) electrons. The number of aryl methyl sites for hydroxylation is 1. The van der Waals surface area contributed by atoms with Crippen molar-refractivity contribution in [1.82, 2.24) is 15.3 Å². The monoisotopic (exact) mass is 405 g/mol. The van der Waals surface area contributed by atoms with Crippen LogP contribution >= 0.6 is 11.6 Å². The Labute approximate surface area is 173 Å². The number of nitrogens with zero attached hydrogens (tertiary/aromatic N) is 1. The van der Waals surface area contributed by atoms with E-state index in [4.69, 9.17) is 16.3 Å². The van der Waals surface area contributed by atoms with Gasteiger partial charge < -0.3 is 15.0 Å². The Morgan fingerprint density at radius 3 is 2.62 bits per heavy atom. The predicted molar refractivity (Wildman–Crippen MR) is 114 cm³/mol.